The number of aromatic amines is 1. The second kappa shape index (κ2) is 4.96. The first-order chi connectivity index (χ1) is 8.16. The Kier molecular flexibility index (Phi) is 3.38. The summed E-state index contributed by atoms with van der Waals surface area (Å²) in [4.78, 5) is 24.3. The zero-order chi connectivity index (χ0) is 12.3. The van der Waals surface area contributed by atoms with Crippen molar-refractivity contribution in [1.82, 2.24) is 15.6 Å². The number of piperidine rings is 1. The van der Waals surface area contributed by atoms with Gasteiger partial charge in [-0.05, 0) is 25.9 Å². The van der Waals surface area contributed by atoms with Crippen LogP contribution in [0.25, 0.3) is 0 Å². The van der Waals surface area contributed by atoms with Gasteiger partial charge < -0.3 is 15.6 Å². The maximum atomic E-state index is 11.8. The summed E-state index contributed by atoms with van der Waals surface area (Å²) in [5.74, 6) is -0.287. The molecule has 1 amide bonds. The second-order valence-corrected chi connectivity index (χ2v) is 4.03. The molecule has 0 bridgehead atoms. The maximum absolute atomic E-state index is 11.8. The Balaban J connectivity index is 1.96. The predicted molar refractivity (Wildman–Crippen MR) is 60.8 cm³/mol. The van der Waals surface area contributed by atoms with E-state index < -0.39 is 4.92 Å². The van der Waals surface area contributed by atoms with E-state index in [1.54, 1.807) is 0 Å². The van der Waals surface area contributed by atoms with Gasteiger partial charge in [-0.1, -0.05) is 0 Å². The number of nitro groups is 1. The van der Waals surface area contributed by atoms with Gasteiger partial charge in [0.25, 0.3) is 11.6 Å². The summed E-state index contributed by atoms with van der Waals surface area (Å²) in [6.45, 7) is 1.77. The van der Waals surface area contributed by atoms with Crippen molar-refractivity contribution in [2.45, 2.75) is 18.9 Å². The Morgan fingerprint density at radius 1 is 1.47 bits per heavy atom. The zero-order valence-electron chi connectivity index (χ0n) is 9.23. The van der Waals surface area contributed by atoms with Crippen LogP contribution in [0.3, 0.4) is 0 Å². The van der Waals surface area contributed by atoms with E-state index in [0.717, 1.165) is 25.9 Å². The normalized spacial score (nSPS) is 16.7. The number of aromatic nitrogens is 1. The number of rotatable bonds is 3. The highest BCUT2D eigenvalue weighted by molar-refractivity contribution is 5.93. The van der Waals surface area contributed by atoms with E-state index in [2.05, 4.69) is 15.6 Å². The van der Waals surface area contributed by atoms with Crippen LogP contribution in [0.4, 0.5) is 5.69 Å². The van der Waals surface area contributed by atoms with Crippen molar-refractivity contribution in [3.05, 3.63) is 28.1 Å². The summed E-state index contributed by atoms with van der Waals surface area (Å²) in [5.41, 5.74) is 0.135. The van der Waals surface area contributed by atoms with Gasteiger partial charge in [0.15, 0.2) is 0 Å². The van der Waals surface area contributed by atoms with Crippen LogP contribution < -0.4 is 10.6 Å². The zero-order valence-corrected chi connectivity index (χ0v) is 9.23. The third-order valence-electron chi connectivity index (χ3n) is 2.80. The minimum atomic E-state index is -0.530. The van der Waals surface area contributed by atoms with Crippen LogP contribution in [0.5, 0.6) is 0 Å². The standard InChI is InChI=1S/C10H14N4O3/c15-10(13-7-1-3-11-4-2-7)9-5-8(6-12-9)14(16)17/h5-7,11-12H,1-4H2,(H,13,15). The van der Waals surface area contributed by atoms with Gasteiger partial charge in [-0.15, -0.1) is 0 Å². The Bertz CT molecular complexity index is 423. The van der Waals surface area contributed by atoms with Crippen LogP contribution in [0.15, 0.2) is 12.3 Å². The molecule has 0 atom stereocenters. The van der Waals surface area contributed by atoms with Gasteiger partial charge >= 0.3 is 0 Å². The van der Waals surface area contributed by atoms with Gasteiger partial charge in [-0.25, -0.2) is 0 Å². The average Bonchev–Trinajstić information content (AvgIpc) is 2.79. The number of hydrogen-bond acceptors (Lipinski definition) is 4. The first-order valence-corrected chi connectivity index (χ1v) is 5.51. The topological polar surface area (TPSA) is 100 Å². The highest BCUT2D eigenvalue weighted by Crippen LogP contribution is 2.12. The van der Waals surface area contributed by atoms with Crippen molar-refractivity contribution in [3.63, 3.8) is 0 Å². The first-order valence-electron chi connectivity index (χ1n) is 5.51. The number of carbonyl (C=O) groups excluding carboxylic acids is 1. The lowest BCUT2D eigenvalue weighted by Crippen LogP contribution is -2.42. The number of nitrogens with zero attached hydrogens (tertiary/aromatic N) is 1. The minimum Gasteiger partial charge on any atom is -0.351 e. The second-order valence-electron chi connectivity index (χ2n) is 4.03. The minimum absolute atomic E-state index is 0.0968. The largest absolute Gasteiger partial charge is 0.351 e. The van der Waals surface area contributed by atoms with Crippen molar-refractivity contribution in [2.24, 2.45) is 0 Å². The first kappa shape index (κ1) is 11.6. The molecule has 1 fully saturated rings. The van der Waals surface area contributed by atoms with Crippen LogP contribution in [-0.4, -0.2) is 34.9 Å². The lowest BCUT2D eigenvalue weighted by atomic mass is 10.1. The molecule has 92 valence electrons. The third kappa shape index (κ3) is 2.82. The molecule has 0 unspecified atom stereocenters. The molecule has 0 aromatic carbocycles. The summed E-state index contributed by atoms with van der Waals surface area (Å²) in [6.07, 6.45) is 2.99. The van der Waals surface area contributed by atoms with E-state index in [1.165, 1.54) is 12.3 Å². The fraction of sp³-hybridized carbons (Fsp3) is 0.500. The molecular weight excluding hydrogens is 224 g/mol. The quantitative estimate of drug-likeness (QED) is 0.524. The van der Waals surface area contributed by atoms with Gasteiger partial charge in [0.2, 0.25) is 0 Å². The van der Waals surface area contributed by atoms with Gasteiger partial charge in [-0.2, -0.15) is 0 Å². The van der Waals surface area contributed by atoms with Crippen LogP contribution in [0.2, 0.25) is 0 Å². The van der Waals surface area contributed by atoms with Gasteiger partial charge in [0, 0.05) is 12.1 Å². The van der Waals surface area contributed by atoms with Crippen molar-refractivity contribution in [3.8, 4) is 0 Å². The summed E-state index contributed by atoms with van der Waals surface area (Å²) in [5, 5.41) is 16.5. The molecule has 1 aliphatic heterocycles. The smallest absolute Gasteiger partial charge is 0.287 e. The average molecular weight is 238 g/mol. The lowest BCUT2D eigenvalue weighted by Gasteiger charge is -2.23. The molecule has 0 radical (unpaired) electrons. The van der Waals surface area contributed by atoms with E-state index >= 15 is 0 Å². The molecule has 1 aromatic heterocycles. The predicted octanol–water partition coefficient (Wildman–Crippen LogP) is 0.405. The summed E-state index contributed by atoms with van der Waals surface area (Å²) in [7, 11) is 0. The van der Waals surface area contributed by atoms with E-state index in [0.29, 0.717) is 0 Å². The molecule has 0 spiro atoms. The molecule has 7 nitrogen and oxygen atoms in total. The van der Waals surface area contributed by atoms with Crippen molar-refractivity contribution in [2.75, 3.05) is 13.1 Å². The third-order valence-corrected chi connectivity index (χ3v) is 2.80. The summed E-state index contributed by atoms with van der Waals surface area (Å²) >= 11 is 0. The molecule has 1 aromatic rings. The number of amides is 1. The molecule has 0 aliphatic carbocycles. The van der Waals surface area contributed by atoms with Crippen LogP contribution in [-0.2, 0) is 0 Å². The monoisotopic (exact) mass is 238 g/mol. The fourth-order valence-corrected chi connectivity index (χ4v) is 1.85. The molecule has 2 rings (SSSR count). The molecule has 2 heterocycles. The lowest BCUT2D eigenvalue weighted by molar-refractivity contribution is -0.384. The van der Waals surface area contributed by atoms with E-state index in [4.69, 9.17) is 0 Å². The van der Waals surface area contributed by atoms with E-state index in [1.807, 2.05) is 0 Å². The molecule has 17 heavy (non-hydrogen) atoms. The highest BCUT2D eigenvalue weighted by Gasteiger charge is 2.19. The Morgan fingerprint density at radius 2 is 2.18 bits per heavy atom. The van der Waals surface area contributed by atoms with Crippen LogP contribution in [0.1, 0.15) is 23.3 Å². The number of H-pyrrole nitrogens is 1. The van der Waals surface area contributed by atoms with Crippen molar-refractivity contribution in [1.29, 1.82) is 0 Å². The highest BCUT2D eigenvalue weighted by atomic mass is 16.6. The molecular formula is C10H14N4O3. The Labute approximate surface area is 97.7 Å². The SMILES string of the molecule is O=C(NC1CCNCC1)c1cc([N+](=O)[O-])c[nH]1. The van der Waals surface area contributed by atoms with E-state index in [9.17, 15) is 14.9 Å². The molecule has 1 aliphatic rings. The van der Waals surface area contributed by atoms with Gasteiger partial charge in [0.1, 0.15) is 5.69 Å². The molecule has 3 N–H and O–H groups in total. The van der Waals surface area contributed by atoms with Gasteiger partial charge in [-0.3, -0.25) is 14.9 Å². The van der Waals surface area contributed by atoms with Crippen molar-refractivity contribution < 1.29 is 9.72 Å². The maximum Gasteiger partial charge on any atom is 0.287 e. The summed E-state index contributed by atoms with van der Waals surface area (Å²) in [6, 6.07) is 1.39. The Morgan fingerprint density at radius 3 is 2.76 bits per heavy atom. The fourth-order valence-electron chi connectivity index (χ4n) is 1.85. The molecule has 0 saturated carbocycles. The van der Waals surface area contributed by atoms with Crippen LogP contribution in [0, 0.1) is 10.1 Å². The molecule has 1 saturated heterocycles. The number of hydrogen-bond donors (Lipinski definition) is 3. The Hall–Kier alpha value is -1.89. The number of nitrogens with one attached hydrogen (secondary N) is 3. The summed E-state index contributed by atoms with van der Waals surface area (Å²) < 4.78 is 0. The number of carbonyl (C=O) groups is 1. The van der Waals surface area contributed by atoms with E-state index in [-0.39, 0.29) is 23.3 Å². The van der Waals surface area contributed by atoms with Crippen LogP contribution >= 0.6 is 0 Å². The molecule has 7 heteroatoms. The van der Waals surface area contributed by atoms with Gasteiger partial charge in [0.05, 0.1) is 11.1 Å². The van der Waals surface area contributed by atoms with Crippen molar-refractivity contribution >= 4 is 11.6 Å².